The van der Waals surface area contributed by atoms with Crippen LogP contribution in [0.1, 0.15) is 19.3 Å². The van der Waals surface area contributed by atoms with Crippen LogP contribution in [0, 0.1) is 0 Å². The maximum absolute atomic E-state index is 11.1. The van der Waals surface area contributed by atoms with E-state index in [9.17, 15) is 4.79 Å². The highest BCUT2D eigenvalue weighted by atomic mass is 16.5. The van der Waals surface area contributed by atoms with E-state index in [2.05, 4.69) is 9.64 Å². The predicted molar refractivity (Wildman–Crippen MR) is 61.1 cm³/mol. The molecular formula is C11H22N2O3. The Balaban J connectivity index is 2.24. The van der Waals surface area contributed by atoms with Crippen LogP contribution >= 0.6 is 0 Å². The molecule has 94 valence electrons. The van der Waals surface area contributed by atoms with Gasteiger partial charge in [0.1, 0.15) is 6.04 Å². The van der Waals surface area contributed by atoms with Gasteiger partial charge in [-0.05, 0) is 25.8 Å². The van der Waals surface area contributed by atoms with E-state index in [0.29, 0.717) is 12.5 Å². The van der Waals surface area contributed by atoms with Gasteiger partial charge in [0.25, 0.3) is 0 Å². The Labute approximate surface area is 96.9 Å². The molecule has 0 aromatic rings. The molecule has 0 amide bonds. The molecule has 5 heteroatoms. The second kappa shape index (κ2) is 6.83. The Kier molecular flexibility index (Phi) is 5.73. The van der Waals surface area contributed by atoms with Gasteiger partial charge in [-0.1, -0.05) is 0 Å². The van der Waals surface area contributed by atoms with Crippen molar-refractivity contribution in [1.82, 2.24) is 4.90 Å². The molecule has 16 heavy (non-hydrogen) atoms. The van der Waals surface area contributed by atoms with E-state index in [1.54, 1.807) is 7.11 Å². The summed E-state index contributed by atoms with van der Waals surface area (Å²) in [6.07, 6.45) is 3.23. The highest BCUT2D eigenvalue weighted by Crippen LogP contribution is 2.12. The van der Waals surface area contributed by atoms with Crippen LogP contribution in [0.15, 0.2) is 0 Å². The maximum Gasteiger partial charge on any atom is 0.322 e. The van der Waals surface area contributed by atoms with E-state index < -0.39 is 6.04 Å². The molecule has 0 saturated carbocycles. The predicted octanol–water partition coefficient (Wildman–Crippen LogP) is -0.0124. The summed E-state index contributed by atoms with van der Waals surface area (Å²) in [7, 11) is 3.11. The first-order valence-corrected chi connectivity index (χ1v) is 5.76. The van der Waals surface area contributed by atoms with Gasteiger partial charge in [0.15, 0.2) is 0 Å². The summed E-state index contributed by atoms with van der Waals surface area (Å²) in [5.41, 5.74) is 5.68. The smallest absolute Gasteiger partial charge is 0.322 e. The van der Waals surface area contributed by atoms with Gasteiger partial charge in [-0.15, -0.1) is 0 Å². The molecule has 0 spiro atoms. The van der Waals surface area contributed by atoms with Crippen LogP contribution in [0.25, 0.3) is 0 Å². The van der Waals surface area contributed by atoms with Crippen LogP contribution in [0.2, 0.25) is 0 Å². The topological polar surface area (TPSA) is 64.8 Å². The largest absolute Gasteiger partial charge is 0.468 e. The van der Waals surface area contributed by atoms with Crippen LogP contribution in [0.3, 0.4) is 0 Å². The van der Waals surface area contributed by atoms with E-state index in [1.165, 1.54) is 7.11 Å². The number of likely N-dealkylation sites (tertiary alicyclic amines) is 1. The number of ether oxygens (including phenoxy) is 2. The number of methoxy groups -OCH3 is 2. The lowest BCUT2D eigenvalue weighted by Gasteiger charge is -2.32. The van der Waals surface area contributed by atoms with Crippen molar-refractivity contribution in [3.8, 4) is 0 Å². The third-order valence-corrected chi connectivity index (χ3v) is 3.06. The Morgan fingerprint density at radius 2 is 2.31 bits per heavy atom. The third kappa shape index (κ3) is 4.08. The van der Waals surface area contributed by atoms with Gasteiger partial charge in [0.05, 0.1) is 13.2 Å². The minimum atomic E-state index is -0.507. The standard InChI is InChI=1S/C11H22N2O3/c1-15-9-4-3-6-13(8-9)7-5-10(12)11(14)16-2/h9-10H,3-8,12H2,1-2H3. The maximum atomic E-state index is 11.1. The van der Waals surface area contributed by atoms with E-state index >= 15 is 0 Å². The SMILES string of the molecule is COC(=O)C(N)CCN1CCCC(OC)C1. The molecule has 0 bridgehead atoms. The molecular weight excluding hydrogens is 208 g/mol. The zero-order chi connectivity index (χ0) is 12.0. The van der Waals surface area contributed by atoms with Gasteiger partial charge in [-0.25, -0.2) is 0 Å². The van der Waals surface area contributed by atoms with Crippen LogP contribution in [0.5, 0.6) is 0 Å². The first-order chi connectivity index (χ1) is 7.67. The lowest BCUT2D eigenvalue weighted by molar-refractivity contribution is -0.142. The number of piperidine rings is 1. The van der Waals surface area contributed by atoms with Crippen LogP contribution in [-0.2, 0) is 14.3 Å². The second-order valence-corrected chi connectivity index (χ2v) is 4.22. The van der Waals surface area contributed by atoms with Crippen LogP contribution in [0.4, 0.5) is 0 Å². The molecule has 1 saturated heterocycles. The normalized spacial score (nSPS) is 24.1. The molecule has 5 nitrogen and oxygen atoms in total. The van der Waals surface area contributed by atoms with Gasteiger partial charge < -0.3 is 20.1 Å². The lowest BCUT2D eigenvalue weighted by Crippen LogP contribution is -2.42. The fraction of sp³-hybridized carbons (Fsp3) is 0.909. The van der Waals surface area contributed by atoms with E-state index in [0.717, 1.165) is 32.5 Å². The molecule has 2 N–H and O–H groups in total. The molecule has 0 radical (unpaired) electrons. The minimum absolute atomic E-state index is 0.322. The number of esters is 1. The highest BCUT2D eigenvalue weighted by molar-refractivity contribution is 5.75. The lowest BCUT2D eigenvalue weighted by atomic mass is 10.1. The number of carbonyl (C=O) groups is 1. The quantitative estimate of drug-likeness (QED) is 0.673. The molecule has 0 aromatic heterocycles. The van der Waals surface area contributed by atoms with E-state index in [-0.39, 0.29) is 5.97 Å². The fourth-order valence-corrected chi connectivity index (χ4v) is 2.00. The van der Waals surface area contributed by atoms with Gasteiger partial charge in [-0.3, -0.25) is 4.79 Å². The number of hydrogen-bond donors (Lipinski definition) is 1. The first-order valence-electron chi connectivity index (χ1n) is 5.76. The van der Waals surface area contributed by atoms with Crippen molar-refractivity contribution in [2.45, 2.75) is 31.4 Å². The fourth-order valence-electron chi connectivity index (χ4n) is 2.00. The summed E-state index contributed by atoms with van der Waals surface area (Å²) >= 11 is 0. The summed E-state index contributed by atoms with van der Waals surface area (Å²) in [4.78, 5) is 13.4. The number of rotatable bonds is 5. The molecule has 2 atom stereocenters. The third-order valence-electron chi connectivity index (χ3n) is 3.06. The van der Waals surface area contributed by atoms with Crippen molar-refractivity contribution in [3.63, 3.8) is 0 Å². The van der Waals surface area contributed by atoms with Gasteiger partial charge >= 0.3 is 5.97 Å². The zero-order valence-electron chi connectivity index (χ0n) is 10.1. The Morgan fingerprint density at radius 1 is 1.56 bits per heavy atom. The summed E-state index contributed by atoms with van der Waals surface area (Å²) < 4.78 is 9.92. The van der Waals surface area contributed by atoms with Gasteiger partial charge in [-0.2, -0.15) is 0 Å². The van der Waals surface area contributed by atoms with Crippen molar-refractivity contribution >= 4 is 5.97 Å². The van der Waals surface area contributed by atoms with Gasteiger partial charge in [0, 0.05) is 20.2 Å². The molecule has 2 unspecified atom stereocenters. The molecule has 1 aliphatic rings. The Bertz CT molecular complexity index is 223. The highest BCUT2D eigenvalue weighted by Gasteiger charge is 2.21. The average Bonchev–Trinajstić information content (AvgIpc) is 2.35. The van der Waals surface area contributed by atoms with Crippen LogP contribution in [-0.4, -0.2) is 56.9 Å². The Hall–Kier alpha value is -0.650. The van der Waals surface area contributed by atoms with Crippen molar-refractivity contribution in [3.05, 3.63) is 0 Å². The first kappa shape index (κ1) is 13.4. The minimum Gasteiger partial charge on any atom is -0.468 e. The monoisotopic (exact) mass is 230 g/mol. The van der Waals surface area contributed by atoms with Crippen LogP contribution < -0.4 is 5.73 Å². The molecule has 1 heterocycles. The summed E-state index contributed by atoms with van der Waals surface area (Å²) in [6.45, 7) is 2.83. The van der Waals surface area contributed by atoms with E-state index in [1.807, 2.05) is 0 Å². The summed E-state index contributed by atoms with van der Waals surface area (Å²) in [5, 5.41) is 0. The van der Waals surface area contributed by atoms with Crippen molar-refractivity contribution in [2.24, 2.45) is 5.73 Å². The molecule has 1 aliphatic heterocycles. The summed E-state index contributed by atoms with van der Waals surface area (Å²) in [6, 6.07) is -0.507. The van der Waals surface area contributed by atoms with Crippen molar-refractivity contribution < 1.29 is 14.3 Å². The van der Waals surface area contributed by atoms with Crippen molar-refractivity contribution in [2.75, 3.05) is 33.9 Å². The zero-order valence-corrected chi connectivity index (χ0v) is 10.1. The number of hydrogen-bond acceptors (Lipinski definition) is 5. The molecule has 0 aliphatic carbocycles. The Morgan fingerprint density at radius 3 is 2.94 bits per heavy atom. The molecule has 0 aromatic carbocycles. The number of nitrogens with zero attached hydrogens (tertiary/aromatic N) is 1. The average molecular weight is 230 g/mol. The number of carbonyl (C=O) groups excluding carboxylic acids is 1. The molecule has 1 fully saturated rings. The second-order valence-electron chi connectivity index (χ2n) is 4.22. The van der Waals surface area contributed by atoms with E-state index in [4.69, 9.17) is 10.5 Å². The number of nitrogens with two attached hydrogens (primary N) is 1. The van der Waals surface area contributed by atoms with Crippen molar-refractivity contribution in [1.29, 1.82) is 0 Å². The summed E-state index contributed by atoms with van der Waals surface area (Å²) in [5.74, 6) is -0.333. The molecule has 1 rings (SSSR count). The van der Waals surface area contributed by atoms with Gasteiger partial charge in [0.2, 0.25) is 0 Å².